The van der Waals surface area contributed by atoms with Gasteiger partial charge < -0.3 is 10.6 Å². The lowest BCUT2D eigenvalue weighted by Gasteiger charge is -2.13. The molecule has 4 rings (SSSR count). The summed E-state index contributed by atoms with van der Waals surface area (Å²) in [6.45, 7) is 2.74. The number of hydrogen-bond acceptors (Lipinski definition) is 5. The standard InChI is InChI=1S/C24H21F2N5O/c1-14-4-5-18(31-23(32)21-9-17(6-7-28-21)24(2,25)26)10-19(14)15-8-16-13-30-22(27-3)11-20(16)29-12-15/h4-13H,1-3H3,(H,27,30)(H,31,32). The lowest BCUT2D eigenvalue weighted by atomic mass is 10.00. The average molecular weight is 433 g/mol. The van der Waals surface area contributed by atoms with E-state index in [2.05, 4.69) is 25.6 Å². The molecule has 4 aromatic rings. The van der Waals surface area contributed by atoms with Crippen molar-refractivity contribution in [1.82, 2.24) is 15.0 Å². The van der Waals surface area contributed by atoms with E-state index >= 15 is 0 Å². The van der Waals surface area contributed by atoms with Gasteiger partial charge in [-0.2, -0.15) is 0 Å². The number of halogens is 2. The maximum atomic E-state index is 13.6. The SMILES string of the molecule is CNc1cc2ncc(-c3cc(NC(=O)c4cc(C(C)(F)F)ccn4)ccc3C)cc2cn1. The van der Waals surface area contributed by atoms with E-state index in [1.807, 2.05) is 31.2 Å². The van der Waals surface area contributed by atoms with Gasteiger partial charge >= 0.3 is 0 Å². The number of rotatable bonds is 5. The van der Waals surface area contributed by atoms with Gasteiger partial charge in [-0.15, -0.1) is 0 Å². The third-order valence-electron chi connectivity index (χ3n) is 5.13. The second-order valence-corrected chi connectivity index (χ2v) is 7.54. The molecule has 0 spiro atoms. The Morgan fingerprint density at radius 2 is 1.81 bits per heavy atom. The summed E-state index contributed by atoms with van der Waals surface area (Å²) in [6, 6.07) is 11.6. The van der Waals surface area contributed by atoms with E-state index in [0.29, 0.717) is 5.69 Å². The van der Waals surface area contributed by atoms with Gasteiger partial charge in [0, 0.05) is 60.8 Å². The Morgan fingerprint density at radius 3 is 2.56 bits per heavy atom. The maximum absolute atomic E-state index is 13.6. The second-order valence-electron chi connectivity index (χ2n) is 7.54. The predicted molar refractivity (Wildman–Crippen MR) is 121 cm³/mol. The number of alkyl halides is 2. The van der Waals surface area contributed by atoms with Crippen LogP contribution in [0.25, 0.3) is 22.0 Å². The fourth-order valence-electron chi connectivity index (χ4n) is 3.34. The van der Waals surface area contributed by atoms with Gasteiger partial charge in [0.05, 0.1) is 5.52 Å². The number of nitrogens with one attached hydrogen (secondary N) is 2. The Bertz CT molecular complexity index is 1320. The number of aromatic nitrogens is 3. The van der Waals surface area contributed by atoms with E-state index in [4.69, 9.17) is 0 Å². The van der Waals surface area contributed by atoms with E-state index in [1.54, 1.807) is 25.5 Å². The Hall–Kier alpha value is -3.94. The normalized spacial score (nSPS) is 11.4. The summed E-state index contributed by atoms with van der Waals surface area (Å²) in [7, 11) is 1.80. The molecule has 2 N–H and O–H groups in total. The molecule has 6 nitrogen and oxygen atoms in total. The summed E-state index contributed by atoms with van der Waals surface area (Å²) in [6.07, 6.45) is 4.72. The number of benzene rings is 1. The first-order chi connectivity index (χ1) is 15.2. The van der Waals surface area contributed by atoms with Crippen LogP contribution in [0.3, 0.4) is 0 Å². The Morgan fingerprint density at radius 1 is 1.00 bits per heavy atom. The van der Waals surface area contributed by atoms with Gasteiger partial charge in [0.25, 0.3) is 11.8 Å². The van der Waals surface area contributed by atoms with Crippen molar-refractivity contribution in [3.8, 4) is 11.1 Å². The van der Waals surface area contributed by atoms with Gasteiger partial charge in [-0.3, -0.25) is 14.8 Å². The number of anilines is 2. The van der Waals surface area contributed by atoms with Crippen LogP contribution in [-0.4, -0.2) is 27.9 Å². The monoisotopic (exact) mass is 433 g/mol. The molecule has 0 aliphatic rings. The number of nitrogens with zero attached hydrogens (tertiary/aromatic N) is 3. The summed E-state index contributed by atoms with van der Waals surface area (Å²) in [5.74, 6) is -2.88. The minimum atomic E-state index is -3.05. The van der Waals surface area contributed by atoms with Crippen molar-refractivity contribution in [2.75, 3.05) is 17.7 Å². The fourth-order valence-corrected chi connectivity index (χ4v) is 3.34. The first-order valence-corrected chi connectivity index (χ1v) is 9.95. The number of amides is 1. The molecule has 0 aliphatic carbocycles. The van der Waals surface area contributed by atoms with Crippen molar-refractivity contribution in [1.29, 1.82) is 0 Å². The number of carbonyl (C=O) groups is 1. The molecule has 0 atom stereocenters. The zero-order valence-corrected chi connectivity index (χ0v) is 17.8. The van der Waals surface area contributed by atoms with Crippen LogP contribution in [0.1, 0.15) is 28.5 Å². The first-order valence-electron chi connectivity index (χ1n) is 9.95. The highest BCUT2D eigenvalue weighted by molar-refractivity contribution is 6.03. The molecule has 1 aromatic carbocycles. The molecule has 1 amide bonds. The van der Waals surface area contributed by atoms with Gasteiger partial charge in [0.1, 0.15) is 11.5 Å². The zero-order chi connectivity index (χ0) is 22.9. The molecular weight excluding hydrogens is 412 g/mol. The van der Waals surface area contributed by atoms with E-state index in [1.165, 1.54) is 12.3 Å². The van der Waals surface area contributed by atoms with Crippen molar-refractivity contribution in [2.45, 2.75) is 19.8 Å². The smallest absolute Gasteiger partial charge is 0.274 e. The van der Waals surface area contributed by atoms with Crippen molar-refractivity contribution in [3.63, 3.8) is 0 Å². The summed E-state index contributed by atoms with van der Waals surface area (Å²) < 4.78 is 27.2. The highest BCUT2D eigenvalue weighted by Gasteiger charge is 2.25. The van der Waals surface area contributed by atoms with Crippen molar-refractivity contribution in [2.24, 2.45) is 0 Å². The average Bonchev–Trinajstić information content (AvgIpc) is 2.79. The first kappa shape index (κ1) is 21.3. The third-order valence-corrected chi connectivity index (χ3v) is 5.13. The van der Waals surface area contributed by atoms with Crippen LogP contribution in [0.2, 0.25) is 0 Å². The van der Waals surface area contributed by atoms with E-state index in [9.17, 15) is 13.6 Å². The molecule has 3 aromatic heterocycles. The van der Waals surface area contributed by atoms with Crippen LogP contribution >= 0.6 is 0 Å². The minimum Gasteiger partial charge on any atom is -0.373 e. The number of aryl methyl sites for hydroxylation is 1. The number of fused-ring (bicyclic) bond motifs is 1. The van der Waals surface area contributed by atoms with E-state index < -0.39 is 11.8 Å². The summed E-state index contributed by atoms with van der Waals surface area (Å²) >= 11 is 0. The molecule has 0 bridgehead atoms. The van der Waals surface area contributed by atoms with Gasteiger partial charge in [-0.1, -0.05) is 6.07 Å². The highest BCUT2D eigenvalue weighted by Crippen LogP contribution is 2.30. The molecule has 0 radical (unpaired) electrons. The number of hydrogen-bond donors (Lipinski definition) is 2. The summed E-state index contributed by atoms with van der Waals surface area (Å²) in [5, 5.41) is 6.61. The molecule has 0 aliphatic heterocycles. The fraction of sp³-hybridized carbons (Fsp3) is 0.167. The molecule has 3 heterocycles. The van der Waals surface area contributed by atoms with Crippen LogP contribution in [0.4, 0.5) is 20.3 Å². The topological polar surface area (TPSA) is 79.8 Å². The molecule has 0 unspecified atom stereocenters. The van der Waals surface area contributed by atoms with Crippen molar-refractivity contribution < 1.29 is 13.6 Å². The lowest BCUT2D eigenvalue weighted by Crippen LogP contribution is -2.16. The molecule has 0 saturated heterocycles. The predicted octanol–water partition coefficient (Wildman–Crippen LogP) is 5.41. The Kier molecular flexibility index (Phi) is 5.52. The molecule has 0 fully saturated rings. The van der Waals surface area contributed by atoms with E-state index in [-0.39, 0.29) is 11.3 Å². The van der Waals surface area contributed by atoms with Crippen LogP contribution in [-0.2, 0) is 5.92 Å². The van der Waals surface area contributed by atoms with Gasteiger partial charge in [0.15, 0.2) is 0 Å². The maximum Gasteiger partial charge on any atom is 0.274 e. The Labute approximate surface area is 183 Å². The molecular formula is C24H21F2N5O. The third kappa shape index (κ3) is 4.39. The van der Waals surface area contributed by atoms with Crippen molar-refractivity contribution >= 4 is 28.3 Å². The number of pyridine rings is 3. The number of carbonyl (C=O) groups excluding carboxylic acids is 1. The Balaban J connectivity index is 1.63. The molecule has 32 heavy (non-hydrogen) atoms. The molecule has 162 valence electrons. The van der Waals surface area contributed by atoms with Crippen LogP contribution in [0.15, 0.2) is 61.1 Å². The largest absolute Gasteiger partial charge is 0.373 e. The second kappa shape index (κ2) is 8.30. The van der Waals surface area contributed by atoms with Crippen LogP contribution < -0.4 is 10.6 Å². The van der Waals surface area contributed by atoms with Gasteiger partial charge in [-0.25, -0.2) is 13.8 Å². The quantitative estimate of drug-likeness (QED) is 0.440. The summed E-state index contributed by atoms with van der Waals surface area (Å²) in [5.41, 5.74) is 3.75. The van der Waals surface area contributed by atoms with E-state index in [0.717, 1.165) is 46.4 Å². The molecule has 0 saturated carbocycles. The zero-order valence-electron chi connectivity index (χ0n) is 17.8. The summed E-state index contributed by atoms with van der Waals surface area (Å²) in [4.78, 5) is 25.4. The van der Waals surface area contributed by atoms with Crippen molar-refractivity contribution in [3.05, 3.63) is 77.9 Å². The van der Waals surface area contributed by atoms with Gasteiger partial charge in [0.2, 0.25) is 0 Å². The lowest BCUT2D eigenvalue weighted by molar-refractivity contribution is 0.0173. The van der Waals surface area contributed by atoms with Crippen LogP contribution in [0.5, 0.6) is 0 Å². The van der Waals surface area contributed by atoms with Gasteiger partial charge in [-0.05, 0) is 48.4 Å². The minimum absolute atomic E-state index is 0.0788. The highest BCUT2D eigenvalue weighted by atomic mass is 19.3. The molecule has 8 heteroatoms. The van der Waals surface area contributed by atoms with Crippen LogP contribution in [0, 0.1) is 6.92 Å².